The van der Waals surface area contributed by atoms with E-state index < -0.39 is 40.9 Å². The molecule has 2 N–H and O–H groups in total. The van der Waals surface area contributed by atoms with E-state index in [1.54, 1.807) is 110 Å². The number of nitrogens with one attached hydrogen (secondary N) is 2. The van der Waals surface area contributed by atoms with Crippen molar-refractivity contribution in [2.24, 2.45) is 10.4 Å². The molecule has 0 aliphatic heterocycles. The normalized spacial score (nSPS) is 11.9. The fourth-order valence-corrected chi connectivity index (χ4v) is 5.42. The number of aromatic nitrogens is 1. The zero-order valence-corrected chi connectivity index (χ0v) is 35.9. The van der Waals surface area contributed by atoms with Gasteiger partial charge in [-0.2, -0.15) is 0 Å². The lowest BCUT2D eigenvalue weighted by Gasteiger charge is -2.30. The number of carbonyl (C=O) groups is 5. The molecular formula is C45H55N5O9. The van der Waals surface area contributed by atoms with Gasteiger partial charge in [0.15, 0.2) is 0 Å². The Morgan fingerprint density at radius 2 is 1.20 bits per heavy atom. The number of pyridine rings is 1. The maximum atomic E-state index is 13.9. The van der Waals surface area contributed by atoms with Gasteiger partial charge in [0.25, 0.3) is 5.91 Å². The largest absolute Gasteiger partial charge is 0.456 e. The molecule has 59 heavy (non-hydrogen) atoms. The van der Waals surface area contributed by atoms with Crippen molar-refractivity contribution in [1.29, 1.82) is 0 Å². The highest BCUT2D eigenvalue weighted by Gasteiger charge is 2.26. The third-order valence-electron chi connectivity index (χ3n) is 7.56. The quantitative estimate of drug-likeness (QED) is 0.0574. The summed E-state index contributed by atoms with van der Waals surface area (Å²) in [5.41, 5.74) is -0.0500. The van der Waals surface area contributed by atoms with Gasteiger partial charge in [0, 0.05) is 17.5 Å². The highest BCUT2D eigenvalue weighted by molar-refractivity contribution is 6.02. The summed E-state index contributed by atoms with van der Waals surface area (Å²) < 4.78 is 21.8. The average Bonchev–Trinajstić information content (AvgIpc) is 3.08. The lowest BCUT2D eigenvalue weighted by molar-refractivity contribution is 0.00686. The first-order chi connectivity index (χ1) is 27.2. The number of fused-ring (bicyclic) bond motifs is 1. The topological polar surface area (TPSA) is 175 Å². The van der Waals surface area contributed by atoms with Gasteiger partial charge in [-0.3, -0.25) is 20.4 Å². The molecule has 3 aromatic carbocycles. The van der Waals surface area contributed by atoms with E-state index in [4.69, 9.17) is 23.9 Å². The molecule has 1 aromatic heterocycles. The molecule has 0 atom stereocenters. The first-order valence-electron chi connectivity index (χ1n) is 19.2. The third kappa shape index (κ3) is 15.2. The van der Waals surface area contributed by atoms with Gasteiger partial charge in [-0.15, -0.1) is 0 Å². The van der Waals surface area contributed by atoms with Gasteiger partial charge in [-0.1, -0.05) is 32.9 Å². The Morgan fingerprint density at radius 1 is 0.627 bits per heavy atom. The number of esters is 2. The Bertz CT molecular complexity index is 2190. The Hall–Kier alpha value is -6.31. The lowest BCUT2D eigenvalue weighted by Crippen LogP contribution is -2.47. The van der Waals surface area contributed by atoms with Gasteiger partial charge in [-0.05, 0) is 134 Å². The van der Waals surface area contributed by atoms with Crippen molar-refractivity contribution in [3.8, 4) is 5.75 Å². The van der Waals surface area contributed by atoms with Crippen molar-refractivity contribution < 1.29 is 42.9 Å². The maximum Gasteiger partial charge on any atom is 0.414 e. The van der Waals surface area contributed by atoms with Gasteiger partial charge in [-0.25, -0.2) is 24.2 Å². The fourth-order valence-electron chi connectivity index (χ4n) is 5.42. The summed E-state index contributed by atoms with van der Waals surface area (Å²) in [5.74, 6) is -1.33. The Labute approximate surface area is 345 Å². The van der Waals surface area contributed by atoms with Crippen LogP contribution in [0.15, 0.2) is 83.9 Å². The Balaban J connectivity index is 1.48. The van der Waals surface area contributed by atoms with Gasteiger partial charge >= 0.3 is 24.1 Å². The molecule has 314 valence electrons. The van der Waals surface area contributed by atoms with Gasteiger partial charge in [0.05, 0.1) is 34.6 Å². The molecule has 14 heteroatoms. The SMILES string of the molecule is CC(C)(C)CN(Cc1ccc2cc(OC(=O)c3ccc(N=C(NC(=O)OC(C)(C)C)NC(=O)OC(C)(C)C)cc3)ccc2n1)C(=O)c1cccc(C(=O)OC(C)(C)C)c1. The number of rotatable bonds is 8. The van der Waals surface area contributed by atoms with Crippen LogP contribution in [0.3, 0.4) is 0 Å². The summed E-state index contributed by atoms with van der Waals surface area (Å²) in [4.78, 5) is 75.5. The average molecular weight is 810 g/mol. The molecule has 0 saturated carbocycles. The minimum atomic E-state index is -0.841. The van der Waals surface area contributed by atoms with Crippen molar-refractivity contribution >= 4 is 52.6 Å². The van der Waals surface area contributed by atoms with Crippen LogP contribution in [0.1, 0.15) is 120 Å². The van der Waals surface area contributed by atoms with Crippen molar-refractivity contribution in [3.05, 3.63) is 101 Å². The second-order valence-electron chi connectivity index (χ2n) is 18.1. The van der Waals surface area contributed by atoms with Gasteiger partial charge in [0.1, 0.15) is 22.6 Å². The van der Waals surface area contributed by atoms with Crippen LogP contribution in [0.2, 0.25) is 0 Å². The highest BCUT2D eigenvalue weighted by atomic mass is 16.6. The molecule has 4 rings (SSSR count). The summed E-state index contributed by atoms with van der Waals surface area (Å²) in [7, 11) is 0. The predicted octanol–water partition coefficient (Wildman–Crippen LogP) is 9.13. The number of carbonyl (C=O) groups excluding carboxylic acids is 5. The van der Waals surface area contributed by atoms with Crippen molar-refractivity contribution in [3.63, 3.8) is 0 Å². The number of nitrogens with zero attached hydrogens (tertiary/aromatic N) is 3. The number of aliphatic imine (C=N–C) groups is 1. The third-order valence-corrected chi connectivity index (χ3v) is 7.56. The highest BCUT2D eigenvalue weighted by Crippen LogP contribution is 2.25. The van der Waals surface area contributed by atoms with E-state index in [9.17, 15) is 24.0 Å². The van der Waals surface area contributed by atoms with E-state index in [-0.39, 0.29) is 29.4 Å². The molecule has 0 spiro atoms. The summed E-state index contributed by atoms with van der Waals surface area (Å²) in [6, 6.07) is 21.3. The number of amides is 3. The molecular weight excluding hydrogens is 755 g/mol. The van der Waals surface area contributed by atoms with Crippen LogP contribution in [0.4, 0.5) is 15.3 Å². The Morgan fingerprint density at radius 3 is 1.76 bits per heavy atom. The molecule has 0 unspecified atom stereocenters. The summed E-state index contributed by atoms with van der Waals surface area (Å²) in [6.07, 6.45) is -1.68. The molecule has 0 radical (unpaired) electrons. The maximum absolute atomic E-state index is 13.9. The first kappa shape index (κ1) is 45.4. The monoisotopic (exact) mass is 809 g/mol. The molecule has 14 nitrogen and oxygen atoms in total. The van der Waals surface area contributed by atoms with Crippen LogP contribution in [0.25, 0.3) is 10.9 Å². The molecule has 0 bridgehead atoms. The van der Waals surface area contributed by atoms with Crippen molar-refractivity contribution in [2.75, 3.05) is 6.54 Å². The molecule has 0 saturated heterocycles. The number of alkyl carbamates (subject to hydrolysis) is 2. The smallest absolute Gasteiger partial charge is 0.414 e. The number of ether oxygens (including phenoxy) is 4. The summed E-state index contributed by atoms with van der Waals surface area (Å²) >= 11 is 0. The van der Waals surface area contributed by atoms with E-state index in [1.165, 1.54) is 24.3 Å². The van der Waals surface area contributed by atoms with E-state index >= 15 is 0 Å². The second kappa shape index (κ2) is 18.1. The van der Waals surface area contributed by atoms with Gasteiger partial charge in [0.2, 0.25) is 5.96 Å². The van der Waals surface area contributed by atoms with Crippen LogP contribution in [-0.2, 0) is 20.8 Å². The molecule has 0 aliphatic rings. The van der Waals surface area contributed by atoms with Crippen LogP contribution in [-0.4, -0.2) is 69.2 Å². The zero-order chi connectivity index (χ0) is 43.9. The predicted molar refractivity (Wildman–Crippen MR) is 225 cm³/mol. The van der Waals surface area contributed by atoms with Crippen LogP contribution in [0.5, 0.6) is 5.75 Å². The molecule has 0 fully saturated rings. The first-order valence-corrected chi connectivity index (χ1v) is 19.2. The molecule has 1 heterocycles. The van der Waals surface area contributed by atoms with E-state index in [0.717, 1.165) is 0 Å². The number of benzene rings is 3. The van der Waals surface area contributed by atoms with E-state index in [2.05, 4.69) is 15.6 Å². The zero-order valence-electron chi connectivity index (χ0n) is 35.9. The minimum absolute atomic E-state index is 0.217. The van der Waals surface area contributed by atoms with Crippen LogP contribution >= 0.6 is 0 Å². The van der Waals surface area contributed by atoms with E-state index in [1.807, 2.05) is 32.9 Å². The minimum Gasteiger partial charge on any atom is -0.456 e. The van der Waals surface area contributed by atoms with Crippen LogP contribution < -0.4 is 15.4 Å². The second-order valence-corrected chi connectivity index (χ2v) is 18.1. The standard InChI is InChI=1S/C45H55N5O9/c1-42(2,3)27-50(36(51)30-14-13-15-31(24-30)38(53)57-43(4,5)6)26-33-21-18-29-25-34(22-23-35(29)46-33)56-37(52)28-16-19-32(20-17-28)47-39(48-40(54)58-44(7,8)9)49-41(55)59-45(10,11)12/h13-25H,26-27H2,1-12H3,(H2,47,48,49,54,55). The van der Waals surface area contributed by atoms with Gasteiger partial charge < -0.3 is 23.8 Å². The number of hydrogen-bond donors (Lipinski definition) is 2. The number of guanidine groups is 1. The van der Waals surface area contributed by atoms with Crippen LogP contribution in [0, 0.1) is 5.41 Å². The van der Waals surface area contributed by atoms with Crippen molar-refractivity contribution in [1.82, 2.24) is 20.5 Å². The summed E-state index contributed by atoms with van der Waals surface area (Å²) in [5, 5.41) is 5.54. The molecule has 3 amide bonds. The number of hydrogen-bond acceptors (Lipinski definition) is 11. The molecule has 0 aliphatic carbocycles. The lowest BCUT2D eigenvalue weighted by atomic mass is 9.95. The van der Waals surface area contributed by atoms with E-state index in [0.29, 0.717) is 45.7 Å². The van der Waals surface area contributed by atoms with Crippen molar-refractivity contribution in [2.45, 2.75) is 106 Å². The molecule has 4 aromatic rings. The fraction of sp³-hybridized carbons (Fsp3) is 0.400. The summed E-state index contributed by atoms with van der Waals surface area (Å²) in [6.45, 7) is 22.3. The Kier molecular flexibility index (Phi) is 13.9.